The fourth-order valence-electron chi connectivity index (χ4n) is 2.35. The minimum absolute atomic E-state index is 0.0226. The van der Waals surface area contributed by atoms with Crippen LogP contribution in [0.3, 0.4) is 0 Å². The van der Waals surface area contributed by atoms with Crippen molar-refractivity contribution in [2.24, 2.45) is 11.1 Å². The third kappa shape index (κ3) is 4.21. The quantitative estimate of drug-likeness (QED) is 0.787. The number of hydrogen-bond acceptors (Lipinski definition) is 3. The van der Waals surface area contributed by atoms with Gasteiger partial charge in [-0.25, -0.2) is 18.4 Å². The molecule has 110 valence electrons. The van der Waals surface area contributed by atoms with Crippen molar-refractivity contribution in [1.29, 1.82) is 0 Å². The number of nitrogens with one attached hydrogen (secondary N) is 2. The van der Waals surface area contributed by atoms with Crippen molar-refractivity contribution >= 4 is 21.7 Å². The summed E-state index contributed by atoms with van der Waals surface area (Å²) in [6, 6.07) is 5.47. The number of rotatable bonds is 4. The maximum absolute atomic E-state index is 11.7. The summed E-state index contributed by atoms with van der Waals surface area (Å²) in [5.74, 6) is 0.575. The second-order valence-electron chi connectivity index (χ2n) is 5.05. The zero-order valence-electron chi connectivity index (χ0n) is 11.1. The molecule has 0 radical (unpaired) electrons. The molecule has 1 aromatic rings. The molecule has 0 bridgehead atoms. The molecule has 0 aromatic heterocycles. The van der Waals surface area contributed by atoms with E-state index >= 15 is 0 Å². The average molecular weight is 297 g/mol. The number of anilines is 1. The number of hydrogen-bond donors (Lipinski definition) is 3. The Kier molecular flexibility index (Phi) is 4.61. The first-order valence-corrected chi connectivity index (χ1v) is 8.17. The van der Waals surface area contributed by atoms with Crippen LogP contribution in [0.2, 0.25) is 0 Å². The molecule has 0 heterocycles. The molecule has 2 amide bonds. The van der Waals surface area contributed by atoms with Gasteiger partial charge in [0.05, 0.1) is 4.90 Å². The van der Waals surface area contributed by atoms with E-state index in [2.05, 4.69) is 10.6 Å². The first-order valence-electron chi connectivity index (χ1n) is 6.63. The van der Waals surface area contributed by atoms with Gasteiger partial charge in [0.25, 0.3) is 0 Å². The maximum atomic E-state index is 11.7. The van der Waals surface area contributed by atoms with Gasteiger partial charge in [0.15, 0.2) is 0 Å². The van der Waals surface area contributed by atoms with Crippen molar-refractivity contribution in [3.8, 4) is 0 Å². The van der Waals surface area contributed by atoms with Gasteiger partial charge in [-0.2, -0.15) is 0 Å². The molecular formula is C13H19N3O3S. The number of nitrogens with two attached hydrogens (primary N) is 1. The lowest BCUT2D eigenvalue weighted by molar-refractivity contribution is 0.250. The van der Waals surface area contributed by atoms with Crippen molar-refractivity contribution < 1.29 is 13.2 Å². The highest BCUT2D eigenvalue weighted by molar-refractivity contribution is 7.89. The number of primary sulfonamides is 1. The molecule has 1 saturated carbocycles. The molecule has 7 heteroatoms. The molecule has 0 unspecified atom stereocenters. The van der Waals surface area contributed by atoms with Crippen LogP contribution < -0.4 is 15.8 Å². The van der Waals surface area contributed by atoms with Crippen molar-refractivity contribution in [2.45, 2.75) is 30.6 Å². The number of sulfonamides is 1. The second-order valence-corrected chi connectivity index (χ2v) is 6.62. The van der Waals surface area contributed by atoms with E-state index in [1.807, 2.05) is 0 Å². The van der Waals surface area contributed by atoms with Crippen LogP contribution in [-0.2, 0) is 10.0 Å². The normalized spacial score (nSPS) is 16.1. The Morgan fingerprint density at radius 3 is 2.35 bits per heavy atom. The number of benzene rings is 1. The molecule has 1 fully saturated rings. The van der Waals surface area contributed by atoms with Gasteiger partial charge in [-0.3, -0.25) is 0 Å². The average Bonchev–Trinajstić information content (AvgIpc) is 2.89. The van der Waals surface area contributed by atoms with E-state index in [0.29, 0.717) is 18.2 Å². The fraction of sp³-hybridized carbons (Fsp3) is 0.462. The van der Waals surface area contributed by atoms with Crippen LogP contribution in [0.25, 0.3) is 0 Å². The molecule has 0 spiro atoms. The molecule has 0 saturated heterocycles. The van der Waals surface area contributed by atoms with Crippen LogP contribution in [0, 0.1) is 5.92 Å². The lowest BCUT2D eigenvalue weighted by Gasteiger charge is -2.11. The van der Waals surface area contributed by atoms with E-state index in [0.717, 1.165) is 0 Å². The lowest BCUT2D eigenvalue weighted by Crippen LogP contribution is -2.32. The summed E-state index contributed by atoms with van der Waals surface area (Å²) in [5, 5.41) is 10.5. The number of carbonyl (C=O) groups is 1. The van der Waals surface area contributed by atoms with Crippen LogP contribution in [0.15, 0.2) is 29.2 Å². The first kappa shape index (κ1) is 14.8. The highest BCUT2D eigenvalue weighted by atomic mass is 32.2. The van der Waals surface area contributed by atoms with Gasteiger partial charge in [0.2, 0.25) is 10.0 Å². The molecule has 1 aliphatic carbocycles. The summed E-state index contributed by atoms with van der Waals surface area (Å²) in [6.07, 6.45) is 4.82. The molecular weight excluding hydrogens is 278 g/mol. The van der Waals surface area contributed by atoms with E-state index < -0.39 is 10.0 Å². The first-order chi connectivity index (χ1) is 9.45. The lowest BCUT2D eigenvalue weighted by atomic mass is 10.1. The fourth-order valence-corrected chi connectivity index (χ4v) is 2.87. The van der Waals surface area contributed by atoms with Gasteiger partial charge in [-0.1, -0.05) is 12.8 Å². The van der Waals surface area contributed by atoms with E-state index in [9.17, 15) is 13.2 Å². The van der Waals surface area contributed by atoms with Gasteiger partial charge in [0.1, 0.15) is 0 Å². The molecule has 4 N–H and O–H groups in total. The molecule has 2 rings (SSSR count). The van der Waals surface area contributed by atoms with E-state index in [4.69, 9.17) is 5.14 Å². The molecule has 0 atom stereocenters. The zero-order valence-corrected chi connectivity index (χ0v) is 11.9. The summed E-state index contributed by atoms with van der Waals surface area (Å²) < 4.78 is 22.2. The van der Waals surface area contributed by atoms with Crippen LogP contribution in [0.5, 0.6) is 0 Å². The third-order valence-corrected chi connectivity index (χ3v) is 4.40. The summed E-state index contributed by atoms with van der Waals surface area (Å²) in [5.41, 5.74) is 0.529. The minimum Gasteiger partial charge on any atom is -0.338 e. The molecule has 0 aliphatic heterocycles. The Hall–Kier alpha value is -1.60. The van der Waals surface area contributed by atoms with Crippen LogP contribution >= 0.6 is 0 Å². The van der Waals surface area contributed by atoms with Crippen molar-refractivity contribution in [2.75, 3.05) is 11.9 Å². The molecule has 1 aromatic carbocycles. The molecule has 1 aliphatic rings. The predicted octanol–water partition coefficient (Wildman–Crippen LogP) is 1.65. The summed E-state index contributed by atoms with van der Waals surface area (Å²) >= 11 is 0. The predicted molar refractivity (Wildman–Crippen MR) is 76.8 cm³/mol. The van der Waals surface area contributed by atoms with Gasteiger partial charge in [0, 0.05) is 12.2 Å². The van der Waals surface area contributed by atoms with Gasteiger partial charge in [-0.05, 0) is 43.0 Å². The van der Waals surface area contributed by atoms with Crippen molar-refractivity contribution in [3.63, 3.8) is 0 Å². The van der Waals surface area contributed by atoms with Gasteiger partial charge >= 0.3 is 6.03 Å². The van der Waals surface area contributed by atoms with Gasteiger partial charge in [-0.15, -0.1) is 0 Å². The summed E-state index contributed by atoms with van der Waals surface area (Å²) in [6.45, 7) is 0.682. The van der Waals surface area contributed by atoms with E-state index in [1.54, 1.807) is 0 Å². The highest BCUT2D eigenvalue weighted by Crippen LogP contribution is 2.23. The zero-order chi connectivity index (χ0) is 14.6. The Labute approximate surface area is 118 Å². The smallest absolute Gasteiger partial charge is 0.319 e. The van der Waals surface area contributed by atoms with Crippen molar-refractivity contribution in [3.05, 3.63) is 24.3 Å². The molecule has 6 nitrogen and oxygen atoms in total. The standard InChI is InChI=1S/C13H19N3O3S/c14-20(18,19)12-7-5-11(6-8-12)16-13(17)15-9-10-3-1-2-4-10/h5-8,10H,1-4,9H2,(H2,14,18,19)(H2,15,16,17). The maximum Gasteiger partial charge on any atom is 0.319 e. The number of amides is 2. The van der Waals surface area contributed by atoms with Gasteiger partial charge < -0.3 is 10.6 Å². The Bertz CT molecular complexity index is 563. The third-order valence-electron chi connectivity index (χ3n) is 3.47. The molecule has 20 heavy (non-hydrogen) atoms. The van der Waals surface area contributed by atoms with E-state index in [1.165, 1.54) is 49.9 Å². The van der Waals surface area contributed by atoms with Crippen LogP contribution in [0.4, 0.5) is 10.5 Å². The summed E-state index contributed by atoms with van der Waals surface area (Å²) in [4.78, 5) is 11.7. The summed E-state index contributed by atoms with van der Waals surface area (Å²) in [7, 11) is -3.70. The van der Waals surface area contributed by atoms with Crippen molar-refractivity contribution in [1.82, 2.24) is 5.32 Å². The Balaban J connectivity index is 1.84. The highest BCUT2D eigenvalue weighted by Gasteiger charge is 2.15. The number of carbonyl (C=O) groups excluding carboxylic acids is 1. The Morgan fingerprint density at radius 2 is 1.80 bits per heavy atom. The number of urea groups is 1. The monoisotopic (exact) mass is 297 g/mol. The van der Waals surface area contributed by atoms with Crippen LogP contribution in [-0.4, -0.2) is 21.0 Å². The topological polar surface area (TPSA) is 101 Å². The second kappa shape index (κ2) is 6.23. The minimum atomic E-state index is -3.70. The largest absolute Gasteiger partial charge is 0.338 e. The van der Waals surface area contributed by atoms with E-state index in [-0.39, 0.29) is 10.9 Å². The Morgan fingerprint density at radius 1 is 1.20 bits per heavy atom. The SMILES string of the molecule is NS(=O)(=O)c1ccc(NC(=O)NCC2CCCC2)cc1. The van der Waals surface area contributed by atoms with Crippen LogP contribution in [0.1, 0.15) is 25.7 Å².